The van der Waals surface area contributed by atoms with Crippen LogP contribution in [0.3, 0.4) is 0 Å². The third-order valence-corrected chi connectivity index (χ3v) is 5.25. The summed E-state index contributed by atoms with van der Waals surface area (Å²) in [5.74, 6) is 1.16. The predicted octanol–water partition coefficient (Wildman–Crippen LogP) is 4.72. The lowest BCUT2D eigenvalue weighted by Crippen LogP contribution is -2.30. The Balaban J connectivity index is 1.60. The molecule has 1 heterocycles. The Morgan fingerprint density at radius 3 is 2.66 bits per heavy atom. The lowest BCUT2D eigenvalue weighted by molar-refractivity contribution is 0.0953. The van der Waals surface area contributed by atoms with Gasteiger partial charge in [0.15, 0.2) is 0 Å². The summed E-state index contributed by atoms with van der Waals surface area (Å²) in [6, 6.07) is 10.1. The van der Waals surface area contributed by atoms with Crippen molar-refractivity contribution in [1.29, 1.82) is 0 Å². The quantitative estimate of drug-likeness (QED) is 0.479. The number of carbonyl (C=O) groups is 2. The molecule has 1 aliphatic rings. The maximum Gasteiger partial charge on any atom is 0.319 e. The highest BCUT2D eigenvalue weighted by atomic mass is 35.5. The first-order chi connectivity index (χ1) is 15.5. The molecular weight excluding hydrogens is 432 g/mol. The number of aromatic nitrogens is 1. The molecule has 0 spiro atoms. The Labute approximate surface area is 190 Å². The van der Waals surface area contributed by atoms with Gasteiger partial charge in [0.2, 0.25) is 0 Å². The summed E-state index contributed by atoms with van der Waals surface area (Å²) in [6.45, 7) is 2.34. The maximum absolute atomic E-state index is 12.5. The van der Waals surface area contributed by atoms with Crippen molar-refractivity contribution < 1.29 is 19.1 Å². The van der Waals surface area contributed by atoms with E-state index in [9.17, 15) is 9.59 Å². The third-order valence-electron chi connectivity index (χ3n) is 4.93. The minimum Gasteiger partial charge on any atom is -0.496 e. The number of halogens is 1. The molecule has 166 valence electrons. The van der Waals surface area contributed by atoms with Gasteiger partial charge >= 0.3 is 6.03 Å². The molecule has 0 bridgehead atoms. The van der Waals surface area contributed by atoms with Crippen molar-refractivity contribution in [3.8, 4) is 17.2 Å². The van der Waals surface area contributed by atoms with Crippen LogP contribution in [-0.2, 0) is 0 Å². The topological polar surface area (TPSA) is 102 Å². The van der Waals surface area contributed by atoms with Crippen LogP contribution in [0, 0.1) is 0 Å². The predicted molar refractivity (Wildman–Crippen MR) is 123 cm³/mol. The number of anilines is 1. The van der Waals surface area contributed by atoms with E-state index in [-0.39, 0.29) is 18.0 Å². The minimum absolute atomic E-state index is 0.246. The van der Waals surface area contributed by atoms with Gasteiger partial charge in [-0.15, -0.1) is 0 Å². The molecule has 1 fully saturated rings. The van der Waals surface area contributed by atoms with E-state index in [2.05, 4.69) is 20.9 Å². The van der Waals surface area contributed by atoms with Crippen LogP contribution in [0.25, 0.3) is 10.9 Å². The highest BCUT2D eigenvalue weighted by Crippen LogP contribution is 2.35. The van der Waals surface area contributed by atoms with Crippen LogP contribution in [0.15, 0.2) is 42.6 Å². The van der Waals surface area contributed by atoms with Crippen LogP contribution >= 0.6 is 11.6 Å². The number of carbonyl (C=O) groups excluding carboxylic acids is 2. The monoisotopic (exact) mass is 454 g/mol. The molecule has 0 radical (unpaired) electrons. The Morgan fingerprint density at radius 2 is 1.97 bits per heavy atom. The van der Waals surface area contributed by atoms with E-state index in [1.54, 1.807) is 42.6 Å². The van der Waals surface area contributed by atoms with Crippen molar-refractivity contribution in [2.75, 3.05) is 19.0 Å². The Hall–Kier alpha value is -3.52. The molecule has 3 aromatic rings. The molecule has 0 atom stereocenters. The van der Waals surface area contributed by atoms with Gasteiger partial charge in [-0.3, -0.25) is 9.78 Å². The van der Waals surface area contributed by atoms with Crippen molar-refractivity contribution in [2.24, 2.45) is 0 Å². The zero-order chi connectivity index (χ0) is 22.7. The third kappa shape index (κ3) is 4.86. The summed E-state index contributed by atoms with van der Waals surface area (Å²) >= 11 is 6.35. The molecule has 3 amide bonds. The van der Waals surface area contributed by atoms with E-state index < -0.39 is 0 Å². The molecular formula is C23H23ClN4O4. The Kier molecular flexibility index (Phi) is 6.32. The molecule has 0 unspecified atom stereocenters. The van der Waals surface area contributed by atoms with E-state index in [4.69, 9.17) is 21.1 Å². The molecule has 9 heteroatoms. The first-order valence-electron chi connectivity index (χ1n) is 10.3. The van der Waals surface area contributed by atoms with Gasteiger partial charge in [0.1, 0.15) is 17.2 Å². The van der Waals surface area contributed by atoms with Gasteiger partial charge in [0.05, 0.1) is 28.9 Å². The average Bonchev–Trinajstić information content (AvgIpc) is 3.59. The highest BCUT2D eigenvalue weighted by Gasteiger charge is 2.23. The summed E-state index contributed by atoms with van der Waals surface area (Å²) in [6.07, 6.45) is 3.62. The molecule has 0 saturated heterocycles. The normalized spacial score (nSPS) is 12.8. The number of pyridine rings is 1. The van der Waals surface area contributed by atoms with Crippen LogP contribution in [0.2, 0.25) is 5.02 Å². The van der Waals surface area contributed by atoms with Crippen LogP contribution in [0.1, 0.15) is 30.1 Å². The molecule has 8 nitrogen and oxygen atoms in total. The highest BCUT2D eigenvalue weighted by molar-refractivity contribution is 6.33. The summed E-state index contributed by atoms with van der Waals surface area (Å²) in [5, 5.41) is 9.36. The van der Waals surface area contributed by atoms with Gasteiger partial charge in [-0.05, 0) is 44.0 Å². The standard InChI is InChI=1S/C23H23ClN4O4/c1-3-25-22(29)16-11-15-19(12-21(16)31-2)26-9-8-20(15)32-14-6-7-18(17(24)10-14)28-23(30)27-13-4-5-13/h6-13H,3-5H2,1-2H3,(H,25,29)(H2,27,28,30). The largest absolute Gasteiger partial charge is 0.496 e. The van der Waals surface area contributed by atoms with Crippen LogP contribution in [-0.4, -0.2) is 36.6 Å². The van der Waals surface area contributed by atoms with Crippen LogP contribution in [0.4, 0.5) is 10.5 Å². The van der Waals surface area contributed by atoms with Crippen LogP contribution < -0.4 is 25.4 Å². The second-order valence-corrected chi connectivity index (χ2v) is 7.76. The first kappa shape index (κ1) is 21.7. The van der Waals surface area contributed by atoms with Gasteiger partial charge < -0.3 is 25.4 Å². The van der Waals surface area contributed by atoms with Gasteiger partial charge in [0.25, 0.3) is 5.91 Å². The number of benzene rings is 2. The summed E-state index contributed by atoms with van der Waals surface area (Å²) in [7, 11) is 1.51. The van der Waals surface area contributed by atoms with E-state index >= 15 is 0 Å². The van der Waals surface area contributed by atoms with Gasteiger partial charge in [-0.25, -0.2) is 4.79 Å². The van der Waals surface area contributed by atoms with E-state index in [1.807, 2.05) is 6.92 Å². The van der Waals surface area contributed by atoms with Gasteiger partial charge in [0, 0.05) is 36.3 Å². The Morgan fingerprint density at radius 1 is 1.16 bits per heavy atom. The number of fused-ring (bicyclic) bond motifs is 1. The molecule has 3 N–H and O–H groups in total. The number of urea groups is 1. The number of nitrogens with zero attached hydrogens (tertiary/aromatic N) is 1. The number of hydrogen-bond donors (Lipinski definition) is 3. The number of hydrogen-bond acceptors (Lipinski definition) is 5. The second-order valence-electron chi connectivity index (χ2n) is 7.35. The zero-order valence-corrected chi connectivity index (χ0v) is 18.5. The maximum atomic E-state index is 12.5. The second kappa shape index (κ2) is 9.32. The number of amides is 3. The minimum atomic E-state index is -0.282. The van der Waals surface area contributed by atoms with Gasteiger partial charge in [-0.2, -0.15) is 0 Å². The fourth-order valence-electron chi connectivity index (χ4n) is 3.20. The van der Waals surface area contributed by atoms with Crippen molar-refractivity contribution in [1.82, 2.24) is 15.6 Å². The number of nitrogens with one attached hydrogen (secondary N) is 3. The molecule has 1 aromatic heterocycles. The lowest BCUT2D eigenvalue weighted by Gasteiger charge is -2.14. The fraction of sp³-hybridized carbons (Fsp3) is 0.261. The molecule has 0 aliphatic heterocycles. The van der Waals surface area contributed by atoms with Crippen molar-refractivity contribution >= 4 is 40.1 Å². The van der Waals surface area contributed by atoms with Crippen molar-refractivity contribution in [3.63, 3.8) is 0 Å². The average molecular weight is 455 g/mol. The fourth-order valence-corrected chi connectivity index (χ4v) is 3.42. The van der Waals surface area contributed by atoms with Crippen molar-refractivity contribution in [3.05, 3.63) is 53.2 Å². The SMILES string of the molecule is CCNC(=O)c1cc2c(Oc3ccc(NC(=O)NC4CC4)c(Cl)c3)ccnc2cc1OC. The van der Waals surface area contributed by atoms with E-state index in [1.165, 1.54) is 7.11 Å². The first-order valence-corrected chi connectivity index (χ1v) is 10.7. The molecule has 4 rings (SSSR count). The number of ether oxygens (including phenoxy) is 2. The molecule has 2 aromatic carbocycles. The van der Waals surface area contributed by atoms with E-state index in [0.717, 1.165) is 12.8 Å². The summed E-state index contributed by atoms with van der Waals surface area (Å²) in [4.78, 5) is 28.8. The zero-order valence-electron chi connectivity index (χ0n) is 17.7. The number of methoxy groups -OCH3 is 1. The molecule has 1 aliphatic carbocycles. The Bertz CT molecular complexity index is 1180. The smallest absolute Gasteiger partial charge is 0.319 e. The molecule has 1 saturated carbocycles. The molecule has 32 heavy (non-hydrogen) atoms. The summed E-state index contributed by atoms with van der Waals surface area (Å²) in [5.41, 5.74) is 1.49. The lowest BCUT2D eigenvalue weighted by atomic mass is 10.1. The van der Waals surface area contributed by atoms with Gasteiger partial charge in [-0.1, -0.05) is 11.6 Å². The van der Waals surface area contributed by atoms with Crippen molar-refractivity contribution in [2.45, 2.75) is 25.8 Å². The van der Waals surface area contributed by atoms with E-state index in [0.29, 0.717) is 51.0 Å². The number of rotatable bonds is 7. The summed E-state index contributed by atoms with van der Waals surface area (Å²) < 4.78 is 11.4. The van der Waals surface area contributed by atoms with Crippen LogP contribution in [0.5, 0.6) is 17.2 Å².